The Morgan fingerprint density at radius 3 is 2.14 bits per heavy atom. The maximum Gasteiger partial charge on any atom is 0.241 e. The van der Waals surface area contributed by atoms with Gasteiger partial charge >= 0.3 is 0 Å². The third-order valence-electron chi connectivity index (χ3n) is 4.13. The first-order chi connectivity index (χ1) is 9.86. The van der Waals surface area contributed by atoms with Gasteiger partial charge in [0.15, 0.2) is 0 Å². The van der Waals surface area contributed by atoms with Gasteiger partial charge in [-0.1, -0.05) is 43.4 Å². The fraction of sp³-hybridized carbons (Fsp3) is 0.533. The van der Waals surface area contributed by atoms with Gasteiger partial charge in [-0.2, -0.15) is 4.72 Å². The van der Waals surface area contributed by atoms with E-state index in [2.05, 4.69) is 4.72 Å². The van der Waals surface area contributed by atoms with Crippen LogP contribution >= 0.6 is 0 Å². The maximum absolute atomic E-state index is 12.6. The fourth-order valence-corrected chi connectivity index (χ4v) is 4.23. The molecular weight excluding hydrogens is 286 g/mol. The Labute approximate surface area is 126 Å². The number of nitrogens with two attached hydrogens (primary N) is 1. The SMILES string of the molecule is Cc1ccc(S(=O)(=O)NC2(C(=N)N)CCCCCC2)cc1. The number of nitrogens with one attached hydrogen (secondary N) is 2. The summed E-state index contributed by atoms with van der Waals surface area (Å²) < 4.78 is 27.8. The molecule has 0 bridgehead atoms. The van der Waals surface area contributed by atoms with Gasteiger partial charge in [-0.05, 0) is 31.9 Å². The third kappa shape index (κ3) is 3.63. The van der Waals surface area contributed by atoms with Crippen molar-refractivity contribution in [3.63, 3.8) is 0 Å². The first-order valence-corrected chi connectivity index (χ1v) is 8.79. The Morgan fingerprint density at radius 2 is 1.67 bits per heavy atom. The summed E-state index contributed by atoms with van der Waals surface area (Å²) in [6, 6.07) is 6.70. The van der Waals surface area contributed by atoms with Crippen LogP contribution in [0.2, 0.25) is 0 Å². The average Bonchev–Trinajstić information content (AvgIpc) is 2.65. The predicted molar refractivity (Wildman–Crippen MR) is 83.8 cm³/mol. The number of benzene rings is 1. The highest BCUT2D eigenvalue weighted by Crippen LogP contribution is 2.29. The second-order valence-electron chi connectivity index (χ2n) is 5.83. The molecule has 6 heteroatoms. The summed E-state index contributed by atoms with van der Waals surface area (Å²) in [5.74, 6) is -0.0833. The third-order valence-corrected chi connectivity index (χ3v) is 5.69. The van der Waals surface area contributed by atoms with Crippen LogP contribution in [-0.4, -0.2) is 19.8 Å². The second-order valence-corrected chi connectivity index (χ2v) is 7.51. The van der Waals surface area contributed by atoms with Crippen molar-refractivity contribution >= 4 is 15.9 Å². The van der Waals surface area contributed by atoms with Crippen LogP contribution in [0.3, 0.4) is 0 Å². The minimum Gasteiger partial charge on any atom is -0.386 e. The Balaban J connectivity index is 2.31. The van der Waals surface area contributed by atoms with E-state index in [0.29, 0.717) is 12.8 Å². The van der Waals surface area contributed by atoms with Crippen LogP contribution in [0.15, 0.2) is 29.2 Å². The Kier molecular flexibility index (Phi) is 4.68. The molecule has 5 nitrogen and oxygen atoms in total. The van der Waals surface area contributed by atoms with Gasteiger partial charge in [-0.3, -0.25) is 5.41 Å². The zero-order valence-corrected chi connectivity index (χ0v) is 13.2. The van der Waals surface area contributed by atoms with Gasteiger partial charge in [0, 0.05) is 0 Å². The molecule has 1 fully saturated rings. The van der Waals surface area contributed by atoms with E-state index in [-0.39, 0.29) is 10.7 Å². The van der Waals surface area contributed by atoms with Crippen molar-refractivity contribution in [1.82, 2.24) is 4.72 Å². The normalized spacial score (nSPS) is 18.9. The number of rotatable bonds is 4. The van der Waals surface area contributed by atoms with Gasteiger partial charge in [0.1, 0.15) is 5.84 Å². The van der Waals surface area contributed by atoms with Crippen molar-refractivity contribution in [3.8, 4) is 0 Å². The van der Waals surface area contributed by atoms with E-state index in [4.69, 9.17) is 11.1 Å². The smallest absolute Gasteiger partial charge is 0.241 e. The Morgan fingerprint density at radius 1 is 1.14 bits per heavy atom. The highest BCUT2D eigenvalue weighted by molar-refractivity contribution is 7.89. The molecule has 0 aromatic heterocycles. The van der Waals surface area contributed by atoms with Crippen LogP contribution in [0.4, 0.5) is 0 Å². The molecule has 0 atom stereocenters. The first kappa shape index (κ1) is 16.0. The Bertz CT molecular complexity index is 600. The van der Waals surface area contributed by atoms with E-state index in [1.807, 2.05) is 6.92 Å². The van der Waals surface area contributed by atoms with E-state index < -0.39 is 15.6 Å². The molecule has 2 rings (SSSR count). The highest BCUT2D eigenvalue weighted by atomic mass is 32.2. The molecule has 0 radical (unpaired) electrons. The van der Waals surface area contributed by atoms with Crippen LogP contribution in [0.5, 0.6) is 0 Å². The van der Waals surface area contributed by atoms with Gasteiger partial charge in [0.25, 0.3) is 0 Å². The van der Waals surface area contributed by atoms with Crippen molar-refractivity contribution in [2.75, 3.05) is 0 Å². The molecule has 0 heterocycles. The molecule has 4 N–H and O–H groups in total. The molecule has 1 aliphatic carbocycles. The van der Waals surface area contributed by atoms with Crippen molar-refractivity contribution in [2.45, 2.75) is 55.9 Å². The summed E-state index contributed by atoms with van der Waals surface area (Å²) in [5.41, 5.74) is 5.81. The Hall–Kier alpha value is -1.40. The summed E-state index contributed by atoms with van der Waals surface area (Å²) in [7, 11) is -3.67. The van der Waals surface area contributed by atoms with Gasteiger partial charge in [-0.25, -0.2) is 8.42 Å². The molecular formula is C15H23N3O2S. The summed E-state index contributed by atoms with van der Waals surface area (Å²) in [5, 5.41) is 7.86. The minimum atomic E-state index is -3.67. The zero-order chi connectivity index (χ0) is 15.5. The van der Waals surface area contributed by atoms with Crippen LogP contribution in [0.1, 0.15) is 44.1 Å². The van der Waals surface area contributed by atoms with Crippen molar-refractivity contribution in [3.05, 3.63) is 29.8 Å². The zero-order valence-electron chi connectivity index (χ0n) is 12.4. The van der Waals surface area contributed by atoms with Crippen LogP contribution < -0.4 is 10.5 Å². The topological polar surface area (TPSA) is 96.0 Å². The molecule has 0 amide bonds. The summed E-state index contributed by atoms with van der Waals surface area (Å²) in [4.78, 5) is 0.220. The molecule has 116 valence electrons. The van der Waals surface area contributed by atoms with Crippen LogP contribution in [0.25, 0.3) is 0 Å². The molecule has 0 unspecified atom stereocenters. The predicted octanol–water partition coefficient (Wildman–Crippen LogP) is 2.30. The molecule has 1 aromatic rings. The number of hydrogen-bond donors (Lipinski definition) is 3. The lowest BCUT2D eigenvalue weighted by Crippen LogP contribution is -2.56. The highest BCUT2D eigenvalue weighted by Gasteiger charge is 2.38. The number of aryl methyl sites for hydroxylation is 1. The largest absolute Gasteiger partial charge is 0.386 e. The monoisotopic (exact) mass is 309 g/mol. The lowest BCUT2D eigenvalue weighted by atomic mass is 9.90. The van der Waals surface area contributed by atoms with E-state index >= 15 is 0 Å². The summed E-state index contributed by atoms with van der Waals surface area (Å²) >= 11 is 0. The lowest BCUT2D eigenvalue weighted by Gasteiger charge is -2.32. The van der Waals surface area contributed by atoms with Gasteiger partial charge in [0.2, 0.25) is 10.0 Å². The van der Waals surface area contributed by atoms with Crippen molar-refractivity contribution < 1.29 is 8.42 Å². The van der Waals surface area contributed by atoms with Gasteiger partial charge in [-0.15, -0.1) is 0 Å². The molecule has 1 aliphatic rings. The van der Waals surface area contributed by atoms with Crippen LogP contribution in [-0.2, 0) is 10.0 Å². The average molecular weight is 309 g/mol. The second kappa shape index (κ2) is 6.15. The molecule has 1 aromatic carbocycles. The molecule has 0 spiro atoms. The first-order valence-electron chi connectivity index (χ1n) is 7.31. The quantitative estimate of drug-likeness (QED) is 0.452. The summed E-state index contributed by atoms with van der Waals surface area (Å²) in [6.45, 7) is 1.91. The molecule has 21 heavy (non-hydrogen) atoms. The van der Waals surface area contributed by atoms with E-state index in [1.54, 1.807) is 24.3 Å². The van der Waals surface area contributed by atoms with Crippen molar-refractivity contribution in [1.29, 1.82) is 5.41 Å². The molecule has 0 aliphatic heterocycles. The standard InChI is InChI=1S/C15H23N3O2S/c1-12-6-8-13(9-7-12)21(19,20)18-15(14(16)17)10-4-2-3-5-11-15/h6-9,18H,2-5,10-11H2,1H3,(H3,16,17). The van der Waals surface area contributed by atoms with Gasteiger partial charge in [0.05, 0.1) is 10.4 Å². The summed E-state index contributed by atoms with van der Waals surface area (Å²) in [6.07, 6.45) is 5.06. The van der Waals surface area contributed by atoms with Crippen molar-refractivity contribution in [2.24, 2.45) is 5.73 Å². The van der Waals surface area contributed by atoms with E-state index in [9.17, 15) is 8.42 Å². The molecule has 1 saturated carbocycles. The fourth-order valence-electron chi connectivity index (χ4n) is 2.79. The molecule has 0 saturated heterocycles. The van der Waals surface area contributed by atoms with E-state index in [1.165, 1.54) is 0 Å². The number of amidine groups is 1. The van der Waals surface area contributed by atoms with Gasteiger partial charge < -0.3 is 5.73 Å². The number of hydrogen-bond acceptors (Lipinski definition) is 3. The van der Waals surface area contributed by atoms with Crippen LogP contribution in [0, 0.1) is 12.3 Å². The lowest BCUT2D eigenvalue weighted by molar-refractivity contribution is 0.434. The van der Waals surface area contributed by atoms with E-state index in [0.717, 1.165) is 31.2 Å². The minimum absolute atomic E-state index is 0.0833. The number of sulfonamides is 1. The maximum atomic E-state index is 12.6.